The number of carbonyl (C=O) groups excluding carboxylic acids is 2. The molecule has 0 aliphatic carbocycles. The lowest BCUT2D eigenvalue weighted by molar-refractivity contribution is -0.139. The molecule has 0 saturated carbocycles. The van der Waals surface area contributed by atoms with Gasteiger partial charge in [-0.25, -0.2) is 0 Å². The molecule has 2 fully saturated rings. The topological polar surface area (TPSA) is 71.8 Å². The Morgan fingerprint density at radius 2 is 0.879 bits per heavy atom. The van der Waals surface area contributed by atoms with Gasteiger partial charge in [-0.2, -0.15) is 0 Å². The Morgan fingerprint density at radius 1 is 0.517 bits per heavy atom. The predicted molar refractivity (Wildman–Crippen MR) is 236 cm³/mol. The molecule has 0 N–H and O–H groups in total. The van der Waals surface area contributed by atoms with Crippen LogP contribution in [0.2, 0.25) is 0 Å². The molecule has 4 heterocycles. The minimum absolute atomic E-state index is 0.0228. The van der Waals surface area contributed by atoms with E-state index in [-0.39, 0.29) is 36.0 Å². The fraction of sp³-hybridized carbons (Fsp3) is 0.360. The van der Waals surface area contributed by atoms with Crippen LogP contribution in [-0.2, 0) is 9.59 Å². The van der Waals surface area contributed by atoms with Crippen molar-refractivity contribution in [2.45, 2.75) is 75.5 Å². The average Bonchev–Trinajstić information content (AvgIpc) is 3.96. The van der Waals surface area contributed by atoms with Gasteiger partial charge in [-0.1, -0.05) is 109 Å². The van der Waals surface area contributed by atoms with Crippen LogP contribution in [-0.4, -0.2) is 96.2 Å². The Kier molecular flexibility index (Phi) is 11.9. The van der Waals surface area contributed by atoms with Crippen molar-refractivity contribution in [3.05, 3.63) is 144 Å². The molecule has 4 atom stereocenters. The number of nitrogens with zero attached hydrogens (tertiary/aromatic N) is 6. The predicted octanol–water partition coefficient (Wildman–Crippen LogP) is 9.09. The number of carbonyl (C=O) groups is 2. The Labute approximate surface area is 344 Å². The van der Waals surface area contributed by atoms with E-state index in [0.717, 1.165) is 98.1 Å². The molecule has 58 heavy (non-hydrogen) atoms. The van der Waals surface area contributed by atoms with E-state index in [2.05, 4.69) is 58.3 Å². The first-order valence-corrected chi connectivity index (χ1v) is 21.0. The lowest BCUT2D eigenvalue weighted by Gasteiger charge is -2.39. The molecule has 0 radical (unpaired) electrons. The van der Waals surface area contributed by atoms with Crippen molar-refractivity contribution in [1.82, 2.24) is 19.6 Å². The minimum atomic E-state index is -0.315. The number of likely N-dealkylation sites (N-methyl/N-ethyl adjacent to an activating group) is 2. The first-order chi connectivity index (χ1) is 28.3. The van der Waals surface area contributed by atoms with Crippen molar-refractivity contribution in [2.75, 3.05) is 41.3 Å². The maximum absolute atomic E-state index is 14.1. The summed E-state index contributed by atoms with van der Waals surface area (Å²) in [5, 5.41) is 0. The molecular formula is C50H56N6O2. The smallest absolute Gasteiger partial charge is 0.245 e. The number of hydrogen-bond acceptors (Lipinski definition) is 6. The van der Waals surface area contributed by atoms with E-state index in [1.807, 2.05) is 111 Å². The van der Waals surface area contributed by atoms with E-state index in [0.29, 0.717) is 0 Å². The molecule has 298 valence electrons. The van der Waals surface area contributed by atoms with Crippen LogP contribution in [0.4, 0.5) is 0 Å². The average molecular weight is 773 g/mol. The highest BCUT2D eigenvalue weighted by atomic mass is 16.2. The standard InChI is InChI=1S/C50H56N6O2/c1-53(2)47(39-15-7-5-8-16-39)49(57)55-29-13-11-19-45(55)43-31-41(33-51-43)37-25-21-35(22-26-37)36-23-27-38(28-24-36)42-32-44(52-34-42)46-20-12-14-30-56(46)50(58)48(54(3)4)40-17-9-6-10-18-40/h5-10,15-18,21-28,33-34,45-48H,11-14,19-20,29-32H2,1-4H3/t45-,46-,47-,48+/m0/s1. The van der Waals surface area contributed by atoms with Gasteiger partial charge in [0.15, 0.2) is 0 Å². The molecule has 2 saturated heterocycles. The van der Waals surface area contributed by atoms with E-state index in [4.69, 9.17) is 9.98 Å². The number of benzene rings is 4. The summed E-state index contributed by atoms with van der Waals surface area (Å²) >= 11 is 0. The fourth-order valence-corrected chi connectivity index (χ4v) is 9.40. The molecule has 0 aromatic heterocycles. The molecule has 4 aromatic rings. The van der Waals surface area contributed by atoms with Crippen LogP contribution < -0.4 is 0 Å². The van der Waals surface area contributed by atoms with Gasteiger partial charge in [-0.3, -0.25) is 29.4 Å². The van der Waals surface area contributed by atoms with E-state index >= 15 is 0 Å². The van der Waals surface area contributed by atoms with Crippen LogP contribution in [0.5, 0.6) is 0 Å². The molecule has 0 bridgehead atoms. The van der Waals surface area contributed by atoms with E-state index in [9.17, 15) is 9.59 Å². The van der Waals surface area contributed by atoms with Crippen LogP contribution in [0.1, 0.15) is 85.7 Å². The minimum Gasteiger partial charge on any atom is -0.333 e. The molecule has 4 aliphatic heterocycles. The van der Waals surface area contributed by atoms with Crippen molar-refractivity contribution in [1.29, 1.82) is 0 Å². The second kappa shape index (κ2) is 17.6. The highest BCUT2D eigenvalue weighted by Crippen LogP contribution is 2.35. The lowest BCUT2D eigenvalue weighted by atomic mass is 9.91. The summed E-state index contributed by atoms with van der Waals surface area (Å²) in [4.78, 5) is 46.3. The lowest BCUT2D eigenvalue weighted by Crippen LogP contribution is -2.51. The number of piperidine rings is 2. The van der Waals surface area contributed by atoms with Gasteiger partial charge in [0.05, 0.1) is 12.1 Å². The van der Waals surface area contributed by atoms with Gasteiger partial charge in [0, 0.05) is 49.8 Å². The highest BCUT2D eigenvalue weighted by molar-refractivity contribution is 6.04. The van der Waals surface area contributed by atoms with E-state index in [1.165, 1.54) is 22.3 Å². The number of allylic oxidation sites excluding steroid dienone is 2. The van der Waals surface area contributed by atoms with Gasteiger partial charge in [0.1, 0.15) is 12.1 Å². The van der Waals surface area contributed by atoms with E-state index < -0.39 is 0 Å². The number of hydrogen-bond donors (Lipinski definition) is 0. The highest BCUT2D eigenvalue weighted by Gasteiger charge is 2.38. The molecule has 8 heteroatoms. The third-order valence-corrected chi connectivity index (χ3v) is 12.4. The normalized spacial score (nSPS) is 20.7. The zero-order chi connectivity index (χ0) is 40.2. The summed E-state index contributed by atoms with van der Waals surface area (Å²) in [5.41, 5.74) is 11.3. The Bertz CT molecular complexity index is 2050. The van der Waals surface area contributed by atoms with Crippen LogP contribution in [0.15, 0.2) is 132 Å². The first kappa shape index (κ1) is 39.4. The van der Waals surface area contributed by atoms with Crippen LogP contribution in [0, 0.1) is 0 Å². The van der Waals surface area contributed by atoms with Crippen LogP contribution in [0.25, 0.3) is 22.3 Å². The molecule has 2 amide bonds. The van der Waals surface area contributed by atoms with Crippen molar-refractivity contribution >= 4 is 34.4 Å². The van der Waals surface area contributed by atoms with Gasteiger partial charge in [0.25, 0.3) is 0 Å². The molecule has 4 aliphatic rings. The summed E-state index contributed by atoms with van der Waals surface area (Å²) in [6, 6.07) is 37.2. The molecule has 8 rings (SSSR count). The monoisotopic (exact) mass is 772 g/mol. The van der Waals surface area contributed by atoms with Crippen molar-refractivity contribution in [3.63, 3.8) is 0 Å². The quantitative estimate of drug-likeness (QED) is 0.153. The van der Waals surface area contributed by atoms with Crippen molar-refractivity contribution < 1.29 is 9.59 Å². The van der Waals surface area contributed by atoms with Crippen LogP contribution in [0.3, 0.4) is 0 Å². The molecule has 8 nitrogen and oxygen atoms in total. The second-order valence-electron chi connectivity index (χ2n) is 16.7. The fourth-order valence-electron chi connectivity index (χ4n) is 9.40. The maximum Gasteiger partial charge on any atom is 0.245 e. The van der Waals surface area contributed by atoms with Gasteiger partial charge < -0.3 is 9.80 Å². The van der Waals surface area contributed by atoms with Crippen molar-refractivity contribution in [2.24, 2.45) is 9.98 Å². The zero-order valence-corrected chi connectivity index (χ0v) is 34.4. The van der Waals surface area contributed by atoms with E-state index in [1.54, 1.807) is 0 Å². The summed E-state index contributed by atoms with van der Waals surface area (Å²) in [6.45, 7) is 1.53. The summed E-state index contributed by atoms with van der Waals surface area (Å²) in [5.74, 6) is 0.314. The molecule has 4 aromatic carbocycles. The molecule has 0 unspecified atom stereocenters. The zero-order valence-electron chi connectivity index (χ0n) is 34.4. The first-order valence-electron chi connectivity index (χ1n) is 21.0. The van der Waals surface area contributed by atoms with Gasteiger partial charge in [0.2, 0.25) is 11.8 Å². The molecule has 0 spiro atoms. The SMILES string of the molecule is CN(C)[C@H](C(=O)N1CCCC[C@H]1C1=NC=C(c2ccc(-c3ccc(C4=CN=C([C@@H]5CCCCN5C(=O)[C@@H](c5ccccc5)N(C)C)C4)cc3)cc2)C1)c1ccccc1. The summed E-state index contributed by atoms with van der Waals surface area (Å²) < 4.78 is 0. The molecular weight excluding hydrogens is 717 g/mol. The van der Waals surface area contributed by atoms with Gasteiger partial charge in [-0.05, 0) is 111 Å². The third-order valence-electron chi connectivity index (χ3n) is 12.4. The Balaban J connectivity index is 0.887. The van der Waals surface area contributed by atoms with Crippen LogP contribution >= 0.6 is 0 Å². The Morgan fingerprint density at radius 3 is 1.24 bits per heavy atom. The van der Waals surface area contributed by atoms with Gasteiger partial charge in [-0.15, -0.1) is 0 Å². The maximum atomic E-state index is 14.1. The number of amides is 2. The number of aliphatic imine (C=N–C) groups is 2. The third kappa shape index (κ3) is 8.27. The second-order valence-corrected chi connectivity index (χ2v) is 16.7. The van der Waals surface area contributed by atoms with Crippen molar-refractivity contribution in [3.8, 4) is 11.1 Å². The number of rotatable bonds is 11. The van der Waals surface area contributed by atoms with Gasteiger partial charge >= 0.3 is 0 Å². The number of likely N-dealkylation sites (tertiary alicyclic amines) is 2. The largest absolute Gasteiger partial charge is 0.333 e. The Hall–Kier alpha value is -5.44. The summed E-state index contributed by atoms with van der Waals surface area (Å²) in [7, 11) is 7.95. The summed E-state index contributed by atoms with van der Waals surface area (Å²) in [6.07, 6.45) is 11.7.